The zero-order chi connectivity index (χ0) is 30.7. The summed E-state index contributed by atoms with van der Waals surface area (Å²) in [5.41, 5.74) is -2.16. The van der Waals surface area contributed by atoms with Crippen molar-refractivity contribution < 1.29 is 54.2 Å². The number of alkyl halides is 6. The SMILES string of the molecule is O=C(Nc1ccn(Cc2ccc(OCc3ccccn3)cc2C(F)(F)F)n1)c1c(F)ccc(OC(=O)C(F)(F)F)c1F. The number of benzene rings is 2. The lowest BCUT2D eigenvalue weighted by atomic mass is 10.1. The summed E-state index contributed by atoms with van der Waals surface area (Å²) >= 11 is 0. The van der Waals surface area contributed by atoms with Gasteiger partial charge >= 0.3 is 18.3 Å². The molecule has 0 saturated carbocycles. The van der Waals surface area contributed by atoms with Gasteiger partial charge in [-0.15, -0.1) is 0 Å². The van der Waals surface area contributed by atoms with E-state index >= 15 is 0 Å². The normalized spacial score (nSPS) is 11.7. The van der Waals surface area contributed by atoms with Crippen molar-refractivity contribution in [3.8, 4) is 11.5 Å². The lowest BCUT2D eigenvalue weighted by molar-refractivity contribution is -0.189. The van der Waals surface area contributed by atoms with Crippen LogP contribution in [0.2, 0.25) is 0 Å². The zero-order valence-electron chi connectivity index (χ0n) is 20.8. The number of anilines is 1. The Labute approximate surface area is 230 Å². The minimum Gasteiger partial charge on any atom is -0.487 e. The maximum atomic E-state index is 14.6. The minimum absolute atomic E-state index is 0.0719. The van der Waals surface area contributed by atoms with Crippen LogP contribution in [0.15, 0.2) is 67.0 Å². The highest BCUT2D eigenvalue weighted by atomic mass is 19.4. The second-order valence-corrected chi connectivity index (χ2v) is 8.40. The Morgan fingerprint density at radius 2 is 1.71 bits per heavy atom. The van der Waals surface area contributed by atoms with Gasteiger partial charge in [-0.1, -0.05) is 12.1 Å². The fraction of sp³-hybridized carbons (Fsp3) is 0.154. The van der Waals surface area contributed by atoms with Crippen molar-refractivity contribution >= 4 is 17.7 Å². The standard InChI is InChI=1S/C26H16F8N4O4/c27-18-6-7-19(42-24(40)26(32,33)34)22(28)21(18)23(39)36-20-8-10-38(37-20)12-14-4-5-16(11-17(14)25(29,30)31)41-13-15-3-1-2-9-35-15/h1-11H,12-13H2,(H,36,37,39). The third-order valence-electron chi connectivity index (χ3n) is 5.43. The van der Waals surface area contributed by atoms with Gasteiger partial charge in [0.1, 0.15) is 23.7 Å². The van der Waals surface area contributed by atoms with Crippen LogP contribution in [0, 0.1) is 11.6 Å². The van der Waals surface area contributed by atoms with Gasteiger partial charge in [-0.05, 0) is 42.0 Å². The van der Waals surface area contributed by atoms with E-state index in [-0.39, 0.29) is 23.7 Å². The molecule has 2 aromatic carbocycles. The second-order valence-electron chi connectivity index (χ2n) is 8.40. The molecule has 0 saturated heterocycles. The minimum atomic E-state index is -5.49. The van der Waals surface area contributed by atoms with Crippen LogP contribution in [0.5, 0.6) is 11.5 Å². The summed E-state index contributed by atoms with van der Waals surface area (Å²) in [6, 6.07) is 10.1. The van der Waals surface area contributed by atoms with E-state index in [0.29, 0.717) is 17.8 Å². The van der Waals surface area contributed by atoms with E-state index < -0.39 is 59.3 Å². The van der Waals surface area contributed by atoms with Crippen molar-refractivity contribution in [3.05, 3.63) is 101 Å². The van der Waals surface area contributed by atoms with Gasteiger partial charge in [-0.25, -0.2) is 13.6 Å². The molecule has 0 radical (unpaired) electrons. The van der Waals surface area contributed by atoms with Crippen molar-refractivity contribution in [2.75, 3.05) is 5.32 Å². The highest BCUT2D eigenvalue weighted by Crippen LogP contribution is 2.35. The molecule has 0 unspecified atom stereocenters. The van der Waals surface area contributed by atoms with Crippen LogP contribution in [0.1, 0.15) is 27.2 Å². The highest BCUT2D eigenvalue weighted by Gasteiger charge is 2.42. The quantitative estimate of drug-likeness (QED) is 0.153. The second kappa shape index (κ2) is 11.8. The van der Waals surface area contributed by atoms with Crippen molar-refractivity contribution in [3.63, 3.8) is 0 Å². The van der Waals surface area contributed by atoms with E-state index in [0.717, 1.165) is 29.1 Å². The van der Waals surface area contributed by atoms with Crippen molar-refractivity contribution in [2.24, 2.45) is 0 Å². The number of pyridine rings is 1. The number of ether oxygens (including phenoxy) is 2. The van der Waals surface area contributed by atoms with Crippen molar-refractivity contribution in [1.82, 2.24) is 14.8 Å². The van der Waals surface area contributed by atoms with Crippen LogP contribution >= 0.6 is 0 Å². The van der Waals surface area contributed by atoms with Gasteiger partial charge in [0, 0.05) is 18.5 Å². The zero-order valence-corrected chi connectivity index (χ0v) is 20.8. The van der Waals surface area contributed by atoms with Crippen LogP contribution in [0.4, 0.5) is 40.9 Å². The van der Waals surface area contributed by atoms with Crippen LogP contribution in [-0.4, -0.2) is 32.8 Å². The Morgan fingerprint density at radius 3 is 2.38 bits per heavy atom. The molecule has 0 aliphatic heterocycles. The lowest BCUT2D eigenvalue weighted by Gasteiger charge is -2.15. The largest absolute Gasteiger partial charge is 0.491 e. The fourth-order valence-corrected chi connectivity index (χ4v) is 3.54. The Balaban J connectivity index is 1.49. The number of aromatic nitrogens is 3. The molecule has 220 valence electrons. The lowest BCUT2D eigenvalue weighted by Crippen LogP contribution is -2.28. The molecular formula is C26H16F8N4O4. The third kappa shape index (κ3) is 7.18. The predicted molar refractivity (Wildman–Crippen MR) is 127 cm³/mol. The Hall–Kier alpha value is -5.02. The van der Waals surface area contributed by atoms with Crippen LogP contribution < -0.4 is 14.8 Å². The summed E-state index contributed by atoms with van der Waals surface area (Å²) in [5.74, 6) is -9.52. The third-order valence-corrected chi connectivity index (χ3v) is 5.43. The van der Waals surface area contributed by atoms with Gasteiger partial charge in [0.25, 0.3) is 5.91 Å². The summed E-state index contributed by atoms with van der Waals surface area (Å²) < 4.78 is 118. The Bertz CT molecular complexity index is 1600. The van der Waals surface area contributed by atoms with E-state index in [1.165, 1.54) is 12.3 Å². The first kappa shape index (κ1) is 30.0. The Kier molecular flexibility index (Phi) is 8.44. The molecule has 16 heteroatoms. The van der Waals surface area contributed by atoms with Gasteiger partial charge in [-0.3, -0.25) is 14.5 Å². The van der Waals surface area contributed by atoms with E-state index in [9.17, 15) is 44.7 Å². The number of halogens is 8. The van der Waals surface area contributed by atoms with Crippen LogP contribution in [-0.2, 0) is 24.1 Å². The van der Waals surface area contributed by atoms with Crippen molar-refractivity contribution in [2.45, 2.75) is 25.5 Å². The Morgan fingerprint density at radius 1 is 0.952 bits per heavy atom. The van der Waals surface area contributed by atoms with Gasteiger partial charge in [0.15, 0.2) is 17.4 Å². The molecule has 4 rings (SSSR count). The molecule has 0 spiro atoms. The van der Waals surface area contributed by atoms with E-state index in [2.05, 4.69) is 14.8 Å². The first-order valence-corrected chi connectivity index (χ1v) is 11.6. The molecule has 42 heavy (non-hydrogen) atoms. The molecule has 0 atom stereocenters. The molecule has 8 nitrogen and oxygen atoms in total. The number of rotatable bonds is 8. The first-order chi connectivity index (χ1) is 19.7. The van der Waals surface area contributed by atoms with E-state index in [4.69, 9.17) is 4.74 Å². The predicted octanol–water partition coefficient (Wildman–Crippen LogP) is 5.92. The maximum Gasteiger partial charge on any atom is 0.491 e. The summed E-state index contributed by atoms with van der Waals surface area (Å²) in [6.45, 7) is -0.522. The first-order valence-electron chi connectivity index (χ1n) is 11.6. The molecule has 0 fully saturated rings. The number of carbonyl (C=O) groups excluding carboxylic acids is 2. The highest BCUT2D eigenvalue weighted by molar-refractivity contribution is 6.04. The number of nitrogens with one attached hydrogen (secondary N) is 1. The monoisotopic (exact) mass is 600 g/mol. The topological polar surface area (TPSA) is 95.3 Å². The average molecular weight is 600 g/mol. The number of nitrogens with zero attached hydrogens (tertiary/aromatic N) is 3. The molecule has 1 N–H and O–H groups in total. The molecule has 2 aromatic heterocycles. The maximum absolute atomic E-state index is 14.6. The van der Waals surface area contributed by atoms with Gasteiger partial charge in [0.2, 0.25) is 0 Å². The molecular weight excluding hydrogens is 584 g/mol. The van der Waals surface area contributed by atoms with Gasteiger partial charge < -0.3 is 14.8 Å². The summed E-state index contributed by atoms with van der Waals surface area (Å²) in [5, 5.41) is 5.84. The average Bonchev–Trinajstić information content (AvgIpc) is 3.35. The van der Waals surface area contributed by atoms with Crippen LogP contribution in [0.25, 0.3) is 0 Å². The molecule has 1 amide bonds. The number of amides is 1. The number of carbonyl (C=O) groups is 2. The smallest absolute Gasteiger partial charge is 0.487 e. The summed E-state index contributed by atoms with van der Waals surface area (Å²) in [4.78, 5) is 27.5. The van der Waals surface area contributed by atoms with Gasteiger partial charge in [-0.2, -0.15) is 31.4 Å². The van der Waals surface area contributed by atoms with E-state index in [1.54, 1.807) is 18.2 Å². The summed E-state index contributed by atoms with van der Waals surface area (Å²) in [7, 11) is 0. The number of hydrogen-bond donors (Lipinski definition) is 1. The number of hydrogen-bond acceptors (Lipinski definition) is 6. The molecule has 4 aromatic rings. The molecule has 2 heterocycles. The molecule has 0 aliphatic rings. The fourth-order valence-electron chi connectivity index (χ4n) is 3.54. The van der Waals surface area contributed by atoms with E-state index in [1.807, 2.05) is 5.32 Å². The molecule has 0 bridgehead atoms. The summed E-state index contributed by atoms with van der Waals surface area (Å²) in [6.07, 6.45) is -7.60. The van der Waals surface area contributed by atoms with Crippen LogP contribution in [0.3, 0.4) is 0 Å². The van der Waals surface area contributed by atoms with Gasteiger partial charge in [0.05, 0.1) is 17.8 Å². The number of esters is 1. The van der Waals surface area contributed by atoms with Crippen molar-refractivity contribution in [1.29, 1.82) is 0 Å². The molecule has 0 aliphatic carbocycles.